The second kappa shape index (κ2) is 6.14. The molecule has 2 aliphatic rings. The molecule has 0 radical (unpaired) electrons. The maximum Gasteiger partial charge on any atom is 0.0897 e. The van der Waals surface area contributed by atoms with E-state index in [1.807, 2.05) is 0 Å². The summed E-state index contributed by atoms with van der Waals surface area (Å²) in [6.07, 6.45) is 2.02. The first-order valence-corrected chi connectivity index (χ1v) is 6.96. The minimum absolute atomic E-state index is 0.117. The summed E-state index contributed by atoms with van der Waals surface area (Å²) in [5.74, 6) is 1.67. The van der Waals surface area contributed by atoms with E-state index >= 15 is 0 Å². The predicted molar refractivity (Wildman–Crippen MR) is 67.9 cm³/mol. The lowest BCUT2D eigenvalue weighted by atomic mass is 9.80. The molecule has 0 spiro atoms. The Morgan fingerprint density at radius 2 is 1.88 bits per heavy atom. The molecule has 2 rings (SSSR count). The smallest absolute Gasteiger partial charge is 0.0897 e. The molecule has 2 aliphatic heterocycles. The summed E-state index contributed by atoms with van der Waals surface area (Å²) < 4.78 is 0. The first-order valence-electron chi connectivity index (χ1n) is 6.96. The summed E-state index contributed by atoms with van der Waals surface area (Å²) in [7, 11) is 0. The van der Waals surface area contributed by atoms with Gasteiger partial charge in [-0.3, -0.25) is 0 Å². The van der Waals surface area contributed by atoms with Gasteiger partial charge in [0, 0.05) is 26.2 Å². The third-order valence-electron chi connectivity index (χ3n) is 4.32. The topological polar surface area (TPSA) is 46.9 Å². The summed E-state index contributed by atoms with van der Waals surface area (Å²) >= 11 is 0. The quantitative estimate of drug-likeness (QED) is 0.712. The van der Waals surface area contributed by atoms with Crippen LogP contribution in [0, 0.1) is 11.8 Å². The number of aliphatic hydroxyl groups is 2. The fourth-order valence-corrected chi connectivity index (χ4v) is 3.16. The molecule has 0 amide bonds. The van der Waals surface area contributed by atoms with Crippen molar-refractivity contribution >= 4 is 0 Å². The Balaban J connectivity index is 1.73. The van der Waals surface area contributed by atoms with Gasteiger partial charge in [0.15, 0.2) is 0 Å². The number of rotatable bonds is 5. The molecule has 2 N–H and O–H groups in total. The van der Waals surface area contributed by atoms with Gasteiger partial charge in [0.05, 0.1) is 12.7 Å². The molecule has 2 unspecified atom stereocenters. The summed E-state index contributed by atoms with van der Waals surface area (Å²) in [4.78, 5) is 4.82. The molecule has 2 fully saturated rings. The maximum absolute atomic E-state index is 9.49. The van der Waals surface area contributed by atoms with Crippen molar-refractivity contribution in [1.29, 1.82) is 0 Å². The minimum atomic E-state index is -0.567. The first kappa shape index (κ1) is 13.3. The van der Waals surface area contributed by atoms with Gasteiger partial charge in [-0.25, -0.2) is 0 Å². The second-order valence-corrected chi connectivity index (χ2v) is 5.61. The zero-order valence-electron chi connectivity index (χ0n) is 10.9. The van der Waals surface area contributed by atoms with Gasteiger partial charge >= 0.3 is 0 Å². The van der Waals surface area contributed by atoms with Gasteiger partial charge in [-0.15, -0.1) is 0 Å². The molecule has 0 saturated carbocycles. The van der Waals surface area contributed by atoms with Crippen LogP contribution in [0.25, 0.3) is 0 Å². The van der Waals surface area contributed by atoms with Crippen molar-refractivity contribution in [2.45, 2.75) is 25.9 Å². The summed E-state index contributed by atoms with van der Waals surface area (Å²) in [5, 5.41) is 18.4. The molecular weight excluding hydrogens is 216 g/mol. The van der Waals surface area contributed by atoms with E-state index in [-0.39, 0.29) is 6.61 Å². The van der Waals surface area contributed by atoms with Gasteiger partial charge in [-0.05, 0) is 37.8 Å². The predicted octanol–water partition coefficient (Wildman–Crippen LogP) is 0.00330. The summed E-state index contributed by atoms with van der Waals surface area (Å²) in [5.41, 5.74) is 0. The maximum atomic E-state index is 9.49. The Morgan fingerprint density at radius 3 is 2.53 bits per heavy atom. The second-order valence-electron chi connectivity index (χ2n) is 5.61. The highest BCUT2D eigenvalue weighted by Crippen LogP contribution is 2.30. The molecule has 17 heavy (non-hydrogen) atoms. The number of hydrogen-bond donors (Lipinski definition) is 2. The van der Waals surface area contributed by atoms with Crippen LogP contribution in [0.1, 0.15) is 19.8 Å². The van der Waals surface area contributed by atoms with Crippen molar-refractivity contribution in [2.75, 3.05) is 45.9 Å². The number of piperidine rings is 1. The fraction of sp³-hybridized carbons (Fsp3) is 1.00. The molecule has 0 aromatic heterocycles. The van der Waals surface area contributed by atoms with E-state index in [9.17, 15) is 5.11 Å². The molecule has 100 valence electrons. The van der Waals surface area contributed by atoms with Crippen LogP contribution in [-0.2, 0) is 0 Å². The van der Waals surface area contributed by atoms with Crippen molar-refractivity contribution in [3.05, 3.63) is 0 Å². The van der Waals surface area contributed by atoms with Crippen LogP contribution in [-0.4, -0.2) is 72.0 Å². The highest BCUT2D eigenvalue weighted by atomic mass is 16.3. The third kappa shape index (κ3) is 3.41. The van der Waals surface area contributed by atoms with Crippen molar-refractivity contribution < 1.29 is 10.2 Å². The monoisotopic (exact) mass is 242 g/mol. The molecular formula is C13H26N2O2. The highest BCUT2D eigenvalue weighted by Gasteiger charge is 2.34. The SMILES string of the molecule is CCN1CC(C2CCCN(CC(O)CO)C2)C1. The zero-order valence-corrected chi connectivity index (χ0v) is 10.9. The number of nitrogens with zero attached hydrogens (tertiary/aromatic N) is 2. The fourth-order valence-electron chi connectivity index (χ4n) is 3.16. The molecule has 2 atom stereocenters. The van der Waals surface area contributed by atoms with Crippen molar-refractivity contribution in [3.63, 3.8) is 0 Å². The van der Waals surface area contributed by atoms with Crippen LogP contribution in [0.2, 0.25) is 0 Å². The molecule has 4 nitrogen and oxygen atoms in total. The highest BCUT2D eigenvalue weighted by molar-refractivity contribution is 4.88. The van der Waals surface area contributed by atoms with Crippen LogP contribution in [0.15, 0.2) is 0 Å². The van der Waals surface area contributed by atoms with Gasteiger partial charge in [-0.1, -0.05) is 6.92 Å². The molecule has 4 heteroatoms. The van der Waals surface area contributed by atoms with Crippen LogP contribution in [0.3, 0.4) is 0 Å². The van der Waals surface area contributed by atoms with Crippen molar-refractivity contribution in [1.82, 2.24) is 9.80 Å². The first-order chi connectivity index (χ1) is 8.22. The normalized spacial score (nSPS) is 30.2. The summed E-state index contributed by atoms with van der Waals surface area (Å²) in [6, 6.07) is 0. The van der Waals surface area contributed by atoms with E-state index in [0.717, 1.165) is 24.9 Å². The molecule has 0 aromatic rings. The van der Waals surface area contributed by atoms with Crippen molar-refractivity contribution in [2.24, 2.45) is 11.8 Å². The largest absolute Gasteiger partial charge is 0.394 e. The van der Waals surface area contributed by atoms with Crippen LogP contribution < -0.4 is 0 Å². The van der Waals surface area contributed by atoms with E-state index in [2.05, 4.69) is 16.7 Å². The van der Waals surface area contributed by atoms with Gasteiger partial charge in [0.1, 0.15) is 0 Å². The number of hydrogen-bond acceptors (Lipinski definition) is 4. The average molecular weight is 242 g/mol. The lowest BCUT2D eigenvalue weighted by molar-refractivity contribution is 0.00401. The molecule has 2 saturated heterocycles. The zero-order chi connectivity index (χ0) is 12.3. The molecule has 0 aliphatic carbocycles. The number of β-amino-alcohol motifs (C(OH)–C–C–N with tert-alkyl or cyclic N) is 1. The molecule has 0 bridgehead atoms. The summed E-state index contributed by atoms with van der Waals surface area (Å²) in [6.45, 7) is 8.63. The van der Waals surface area contributed by atoms with E-state index < -0.39 is 6.10 Å². The Hall–Kier alpha value is -0.160. The van der Waals surface area contributed by atoms with E-state index in [1.165, 1.54) is 32.5 Å². The Bertz CT molecular complexity index is 231. The number of aliphatic hydroxyl groups excluding tert-OH is 2. The van der Waals surface area contributed by atoms with Gasteiger partial charge in [-0.2, -0.15) is 0 Å². The molecule has 0 aromatic carbocycles. The number of likely N-dealkylation sites (tertiary alicyclic amines) is 2. The van der Waals surface area contributed by atoms with Gasteiger partial charge in [0.2, 0.25) is 0 Å². The van der Waals surface area contributed by atoms with E-state index in [0.29, 0.717) is 6.54 Å². The van der Waals surface area contributed by atoms with Crippen LogP contribution in [0.5, 0.6) is 0 Å². The van der Waals surface area contributed by atoms with E-state index in [1.54, 1.807) is 0 Å². The Kier molecular flexibility index (Phi) is 4.79. The minimum Gasteiger partial charge on any atom is -0.394 e. The van der Waals surface area contributed by atoms with Crippen LogP contribution >= 0.6 is 0 Å². The Labute approximate surface area is 104 Å². The van der Waals surface area contributed by atoms with Gasteiger partial charge in [0.25, 0.3) is 0 Å². The standard InChI is InChI=1S/C13H26N2O2/c1-2-14-7-12(8-14)11-4-3-5-15(6-11)9-13(17)10-16/h11-13,16-17H,2-10H2,1H3. The lowest BCUT2D eigenvalue weighted by Crippen LogP contribution is -2.53. The molecule has 2 heterocycles. The van der Waals surface area contributed by atoms with Gasteiger partial charge < -0.3 is 20.0 Å². The average Bonchev–Trinajstić information content (AvgIpc) is 2.28. The Morgan fingerprint density at radius 1 is 1.18 bits per heavy atom. The van der Waals surface area contributed by atoms with Crippen LogP contribution in [0.4, 0.5) is 0 Å². The lowest BCUT2D eigenvalue weighted by Gasteiger charge is -2.46. The van der Waals surface area contributed by atoms with E-state index in [4.69, 9.17) is 5.11 Å². The third-order valence-corrected chi connectivity index (χ3v) is 4.32. The van der Waals surface area contributed by atoms with Crippen molar-refractivity contribution in [3.8, 4) is 0 Å².